The third-order valence-corrected chi connectivity index (χ3v) is 2.31. The van der Waals surface area contributed by atoms with E-state index in [-0.39, 0.29) is 0 Å². The number of carbonyl (C=O) groups excluding carboxylic acids is 2. The summed E-state index contributed by atoms with van der Waals surface area (Å²) in [7, 11) is 1.12. The van der Waals surface area contributed by atoms with E-state index in [0.717, 1.165) is 20.0 Å². The van der Waals surface area contributed by atoms with Crippen LogP contribution in [0.4, 0.5) is 4.79 Å². The first-order chi connectivity index (χ1) is 7.56. The number of nitrogens with two attached hydrogens (primary N) is 2. The lowest BCUT2D eigenvalue weighted by molar-refractivity contribution is -0.169. The van der Waals surface area contributed by atoms with Gasteiger partial charge in [0, 0.05) is 11.3 Å². The van der Waals surface area contributed by atoms with Crippen molar-refractivity contribution in [3.8, 4) is 0 Å². The lowest BCUT2D eigenvalue weighted by Gasteiger charge is -2.20. The predicted octanol–water partition coefficient (Wildman–Crippen LogP) is 0.173. The Kier molecular flexibility index (Phi) is 4.12. The summed E-state index contributed by atoms with van der Waals surface area (Å²) in [4.78, 5) is 26.8. The zero-order valence-electron chi connectivity index (χ0n) is 9.06. The highest BCUT2D eigenvalue weighted by Crippen LogP contribution is 2.22. The van der Waals surface area contributed by atoms with Crippen molar-refractivity contribution in [1.29, 1.82) is 0 Å². The highest BCUT2D eigenvalue weighted by Gasteiger charge is 2.23. The van der Waals surface area contributed by atoms with Gasteiger partial charge in [0.05, 0.1) is 7.11 Å². The van der Waals surface area contributed by atoms with Crippen LogP contribution in [-0.2, 0) is 14.4 Å². The number of hydroxylamine groups is 1. The fraction of sp³-hybridized carbons (Fsp3) is 0.556. The molecule has 1 rings (SSSR count). The second kappa shape index (κ2) is 5.36. The summed E-state index contributed by atoms with van der Waals surface area (Å²) in [5.41, 5.74) is 6.59. The number of hydrazine groups is 1. The summed E-state index contributed by atoms with van der Waals surface area (Å²) in [5.74, 6) is 4.65. The number of allylic oxidation sites excluding steroid dienone is 1. The first-order valence-electron chi connectivity index (χ1n) is 4.88. The van der Waals surface area contributed by atoms with Crippen LogP contribution in [0.15, 0.2) is 11.3 Å². The highest BCUT2D eigenvalue weighted by atomic mass is 16.8. The van der Waals surface area contributed by atoms with E-state index in [1.807, 2.05) is 0 Å². The molecule has 90 valence electrons. The number of hydrogen-bond donors (Lipinski definition) is 2. The average Bonchev–Trinajstić information content (AvgIpc) is 2.28. The van der Waals surface area contributed by atoms with Crippen molar-refractivity contribution < 1.29 is 19.2 Å². The number of methoxy groups -OCH3 is 1. The van der Waals surface area contributed by atoms with Gasteiger partial charge in [0.25, 0.3) is 0 Å². The smallest absolute Gasteiger partial charge is 0.436 e. The van der Waals surface area contributed by atoms with Gasteiger partial charge in [0.2, 0.25) is 0 Å². The summed E-state index contributed by atoms with van der Waals surface area (Å²) < 4.78 is 4.20. The summed E-state index contributed by atoms with van der Waals surface area (Å²) in [6, 6.07) is 0. The van der Waals surface area contributed by atoms with E-state index in [9.17, 15) is 9.59 Å². The molecular weight excluding hydrogens is 214 g/mol. The maximum atomic E-state index is 11.7. The molecule has 0 saturated carbocycles. The molecule has 7 nitrogen and oxygen atoms in total. The third-order valence-electron chi connectivity index (χ3n) is 2.31. The monoisotopic (exact) mass is 229 g/mol. The quantitative estimate of drug-likeness (QED) is 0.287. The van der Waals surface area contributed by atoms with Crippen LogP contribution in [0.5, 0.6) is 0 Å². The molecule has 16 heavy (non-hydrogen) atoms. The van der Waals surface area contributed by atoms with Gasteiger partial charge in [0.1, 0.15) is 0 Å². The molecule has 0 bridgehead atoms. The maximum Gasteiger partial charge on any atom is 0.534 e. The van der Waals surface area contributed by atoms with Gasteiger partial charge in [-0.1, -0.05) is 5.17 Å². The van der Waals surface area contributed by atoms with Crippen molar-refractivity contribution in [2.45, 2.75) is 25.7 Å². The molecule has 0 aromatic rings. The minimum Gasteiger partial charge on any atom is -0.436 e. The topological polar surface area (TPSA) is 108 Å². The summed E-state index contributed by atoms with van der Waals surface area (Å²) in [6.45, 7) is 0. The van der Waals surface area contributed by atoms with Crippen molar-refractivity contribution in [1.82, 2.24) is 5.17 Å². The van der Waals surface area contributed by atoms with Gasteiger partial charge >= 0.3 is 12.1 Å². The molecule has 0 atom stereocenters. The number of rotatable bonds is 1. The van der Waals surface area contributed by atoms with Gasteiger partial charge in [-0.15, -0.1) is 0 Å². The van der Waals surface area contributed by atoms with Crippen molar-refractivity contribution in [3.05, 3.63) is 11.3 Å². The Hall–Kier alpha value is -1.76. The third kappa shape index (κ3) is 2.86. The Morgan fingerprint density at radius 3 is 2.50 bits per heavy atom. The van der Waals surface area contributed by atoms with Crippen LogP contribution in [0.25, 0.3) is 0 Å². The van der Waals surface area contributed by atoms with Crippen LogP contribution in [0.2, 0.25) is 0 Å². The normalized spacial score (nSPS) is 15.6. The lowest BCUT2D eigenvalue weighted by atomic mass is 9.96. The zero-order valence-corrected chi connectivity index (χ0v) is 9.06. The van der Waals surface area contributed by atoms with Crippen LogP contribution in [0, 0.1) is 0 Å². The van der Waals surface area contributed by atoms with Crippen LogP contribution in [0.1, 0.15) is 25.7 Å². The fourth-order valence-corrected chi connectivity index (χ4v) is 1.46. The molecule has 0 fully saturated rings. The Morgan fingerprint density at radius 2 is 1.94 bits per heavy atom. The van der Waals surface area contributed by atoms with Gasteiger partial charge in [0.15, 0.2) is 0 Å². The molecule has 0 unspecified atom stereocenters. The average molecular weight is 229 g/mol. The maximum absolute atomic E-state index is 11.7. The van der Waals surface area contributed by atoms with E-state index >= 15 is 0 Å². The van der Waals surface area contributed by atoms with Gasteiger partial charge in [-0.3, -0.25) is 9.63 Å². The van der Waals surface area contributed by atoms with Crippen molar-refractivity contribution >= 4 is 12.1 Å². The standard InChI is InChI=1S/C9H15N3O4/c1-15-9(14)16-12(11)8(13)6-4-2-3-5-7(6)10/h2-5,10-11H2,1H3. The SMILES string of the molecule is COC(=O)ON(N)C(=O)C1=C(N)CCCC1. The number of amides is 1. The van der Waals surface area contributed by atoms with Gasteiger partial charge in [-0.25, -0.2) is 10.6 Å². The summed E-state index contributed by atoms with van der Waals surface area (Å²) >= 11 is 0. The Balaban J connectivity index is 2.66. The molecule has 0 spiro atoms. The Labute approximate surface area is 92.9 Å². The highest BCUT2D eigenvalue weighted by molar-refractivity contribution is 5.93. The van der Waals surface area contributed by atoms with Gasteiger partial charge < -0.3 is 10.5 Å². The van der Waals surface area contributed by atoms with Crippen LogP contribution < -0.4 is 11.6 Å². The van der Waals surface area contributed by atoms with Crippen LogP contribution >= 0.6 is 0 Å². The van der Waals surface area contributed by atoms with E-state index in [2.05, 4.69) is 9.57 Å². The molecule has 1 aliphatic rings. The minimum atomic E-state index is -1.05. The number of hydrogen-bond acceptors (Lipinski definition) is 6. The first-order valence-corrected chi connectivity index (χ1v) is 4.88. The van der Waals surface area contributed by atoms with E-state index in [1.165, 1.54) is 0 Å². The Morgan fingerprint density at radius 1 is 1.31 bits per heavy atom. The van der Waals surface area contributed by atoms with Gasteiger partial charge in [-0.05, 0) is 25.7 Å². The summed E-state index contributed by atoms with van der Waals surface area (Å²) in [6.07, 6.45) is 1.97. The van der Waals surface area contributed by atoms with Crippen LogP contribution in [0.3, 0.4) is 0 Å². The second-order valence-corrected chi connectivity index (χ2v) is 3.39. The van der Waals surface area contributed by atoms with Gasteiger partial charge in [-0.2, -0.15) is 0 Å². The number of nitrogens with zero attached hydrogens (tertiary/aromatic N) is 1. The fourth-order valence-electron chi connectivity index (χ4n) is 1.46. The van der Waals surface area contributed by atoms with Crippen molar-refractivity contribution in [2.24, 2.45) is 11.6 Å². The second-order valence-electron chi connectivity index (χ2n) is 3.39. The molecule has 0 radical (unpaired) electrons. The van der Waals surface area contributed by atoms with Crippen LogP contribution in [-0.4, -0.2) is 24.3 Å². The minimum absolute atomic E-state index is 0.347. The molecule has 0 aromatic carbocycles. The Bertz CT molecular complexity index is 327. The van der Waals surface area contributed by atoms with E-state index in [1.54, 1.807) is 0 Å². The largest absolute Gasteiger partial charge is 0.534 e. The number of ether oxygens (including phenoxy) is 1. The molecule has 0 heterocycles. The number of carbonyl (C=O) groups is 2. The predicted molar refractivity (Wildman–Crippen MR) is 54.2 cm³/mol. The molecule has 0 aromatic heterocycles. The molecule has 0 aliphatic heterocycles. The lowest BCUT2D eigenvalue weighted by Crippen LogP contribution is -2.41. The molecule has 1 aliphatic carbocycles. The van der Waals surface area contributed by atoms with E-state index < -0.39 is 12.1 Å². The first kappa shape index (κ1) is 12.3. The van der Waals surface area contributed by atoms with E-state index in [0.29, 0.717) is 29.3 Å². The summed E-state index contributed by atoms with van der Waals surface area (Å²) in [5, 5.41) is 0.347. The molecule has 1 amide bonds. The molecule has 4 N–H and O–H groups in total. The van der Waals surface area contributed by atoms with E-state index in [4.69, 9.17) is 11.6 Å². The van der Waals surface area contributed by atoms with Crippen molar-refractivity contribution in [3.63, 3.8) is 0 Å². The molecule has 7 heteroatoms. The molecule has 0 saturated heterocycles. The zero-order chi connectivity index (χ0) is 12.1. The molecular formula is C9H15N3O4. The van der Waals surface area contributed by atoms with Crippen molar-refractivity contribution in [2.75, 3.05) is 7.11 Å².